The summed E-state index contributed by atoms with van der Waals surface area (Å²) in [4.78, 5) is 74.8. The van der Waals surface area contributed by atoms with Gasteiger partial charge in [-0.25, -0.2) is 69.1 Å². The van der Waals surface area contributed by atoms with E-state index < -0.39 is 74.6 Å². The summed E-state index contributed by atoms with van der Waals surface area (Å²) in [5, 5.41) is 9.05. The number of hydrogen-bond acceptors (Lipinski definition) is 20. The van der Waals surface area contributed by atoms with Gasteiger partial charge in [0.2, 0.25) is 36.1 Å². The first-order chi connectivity index (χ1) is 56.7. The SMILES string of the molecule is C.C=S(=O)(O)c1nc2ccc(C(=O)O)cc2[nH]1.C=S(=O)(O)c1nc2ccc(C(=O)c3ccccc3)cc2[nH]1.C=S(=O)(O)c1nc2ccc(C)cc2[nH]1.C=S(=O)(O)c1nc2ccc(Cl)cc2[nH]1.C=S(=O)(O)c1nc2ccc(N3CCN(C)CC3)cc2[nH]1.C=S(=O)(O)c1nc2ccc(OCCCC)cc2[nH]1.C=S(=O)(O)c1nc2ccc(OCCCC)cc2[nH]1. The molecule has 0 bridgehead atoms. The normalized spacial score (nSPS) is 15.5. The summed E-state index contributed by atoms with van der Waals surface area (Å²) in [6.45, 7) is 11.5. The molecular weight excluding hydrogens is 1740 g/mol. The number of H-pyrrole nitrogens is 7. The highest BCUT2D eigenvalue weighted by molar-refractivity contribution is 7.96. The Morgan fingerprint density at radius 3 is 1.06 bits per heavy atom. The minimum atomic E-state index is -3.41. The fourth-order valence-corrected chi connectivity index (χ4v) is 14.9. The zero-order chi connectivity index (χ0) is 88.3. The van der Waals surface area contributed by atoms with Crippen LogP contribution in [0, 0.1) is 6.92 Å². The summed E-state index contributed by atoms with van der Waals surface area (Å²) in [5.41, 5.74) is 11.9. The van der Waals surface area contributed by atoms with E-state index in [0.29, 0.717) is 95.6 Å². The number of unbranched alkanes of at least 4 members (excludes halogenated alkanes) is 2. The second-order valence-electron chi connectivity index (χ2n) is 27.2. The van der Waals surface area contributed by atoms with Gasteiger partial charge in [-0.15, -0.1) is 0 Å². The van der Waals surface area contributed by atoms with Crippen LogP contribution in [-0.4, -0.2) is 240 Å². The zero-order valence-electron chi connectivity index (χ0n) is 65.4. The molecule has 15 aromatic rings. The Kier molecular flexibility index (Phi) is 30.4. The average molecular weight is 1830 g/mol. The summed E-state index contributed by atoms with van der Waals surface area (Å²) in [6.07, 6.45) is 4.14. The van der Waals surface area contributed by atoms with Crippen molar-refractivity contribution in [2.24, 2.45) is 0 Å². The van der Waals surface area contributed by atoms with Gasteiger partial charge in [0.25, 0.3) is 0 Å². The van der Waals surface area contributed by atoms with E-state index in [-0.39, 0.29) is 54.9 Å². The number of carboxylic acids is 1. The number of ether oxygens (including phenoxy) is 2. The van der Waals surface area contributed by atoms with Crippen LogP contribution in [0.25, 0.3) is 77.2 Å². The number of imidazole rings is 7. The van der Waals surface area contributed by atoms with Crippen molar-refractivity contribution in [1.82, 2.24) is 74.7 Å². The summed E-state index contributed by atoms with van der Waals surface area (Å²) < 4.78 is 155. The van der Waals surface area contributed by atoms with Gasteiger partial charge in [-0.3, -0.25) is 4.79 Å². The number of rotatable bonds is 19. The number of nitrogens with one attached hydrogen (secondary N) is 7. The average Bonchev–Trinajstić information content (AvgIpc) is 1.69. The maximum atomic E-state index is 12.3. The minimum absolute atomic E-state index is 0. The monoisotopic (exact) mass is 1830 g/mol. The smallest absolute Gasteiger partial charge is 0.335 e. The number of carbonyl (C=O) groups excluding carboxylic acids is 1. The van der Waals surface area contributed by atoms with Crippen molar-refractivity contribution >= 4 is 216 Å². The number of halogens is 1. The third-order valence-electron chi connectivity index (χ3n) is 17.3. The van der Waals surface area contributed by atoms with Gasteiger partial charge in [-0.05, 0) is 183 Å². The number of piperazine rings is 1. The number of carbonyl (C=O) groups is 2. The molecule has 1 fully saturated rings. The maximum absolute atomic E-state index is 12.3. The molecule has 16 rings (SSSR count). The lowest BCUT2D eigenvalue weighted by molar-refractivity contribution is 0.0696. The van der Waals surface area contributed by atoms with Crippen LogP contribution >= 0.6 is 11.6 Å². The number of ketones is 1. The first kappa shape index (κ1) is 94.5. The first-order valence-electron chi connectivity index (χ1n) is 36.0. The van der Waals surface area contributed by atoms with Crippen LogP contribution < -0.4 is 14.4 Å². The van der Waals surface area contributed by atoms with Crippen LogP contribution in [0.4, 0.5) is 5.69 Å². The van der Waals surface area contributed by atoms with E-state index in [9.17, 15) is 66.4 Å². The molecule has 650 valence electrons. The number of aromatic carboxylic acids is 1. The van der Waals surface area contributed by atoms with E-state index in [2.05, 4.69) is 142 Å². The van der Waals surface area contributed by atoms with Gasteiger partial charge in [-0.2, -0.15) is 0 Å². The molecule has 0 radical (unpaired) electrons. The first-order valence-corrected chi connectivity index (χ1v) is 48.2. The number of anilines is 1. The van der Waals surface area contributed by atoms with Crippen LogP contribution in [-0.2, 0) is 68.6 Å². The van der Waals surface area contributed by atoms with E-state index in [1.54, 1.807) is 103 Å². The third kappa shape index (κ3) is 25.7. The summed E-state index contributed by atoms with van der Waals surface area (Å²) in [6, 6.07) is 45.0. The molecule has 0 saturated carbocycles. The molecule has 0 aliphatic carbocycles. The molecule has 7 atom stereocenters. The molecule has 122 heavy (non-hydrogen) atoms. The van der Waals surface area contributed by atoms with Gasteiger partial charge >= 0.3 is 5.97 Å². The van der Waals surface area contributed by atoms with E-state index >= 15 is 0 Å². The molecule has 7 aromatic heterocycles. The lowest BCUT2D eigenvalue weighted by Gasteiger charge is -2.34. The molecule has 0 amide bonds. The minimum Gasteiger partial charge on any atom is -0.494 e. The molecule has 15 N–H and O–H groups in total. The molecule has 1 saturated heterocycles. The van der Waals surface area contributed by atoms with Gasteiger partial charge in [0.1, 0.15) is 80.1 Å². The molecule has 35 nitrogen and oxygen atoms in total. The number of hydrogen-bond donors (Lipinski definition) is 15. The summed E-state index contributed by atoms with van der Waals surface area (Å²) in [7, 11) is -21.1. The van der Waals surface area contributed by atoms with Gasteiger partial charge in [-0.1, -0.05) is 82.1 Å². The Labute approximate surface area is 708 Å². The molecular formula is C79H91ClN16O19S7. The second-order valence-corrected chi connectivity index (χ2v) is 39.3. The Hall–Kier alpha value is -11.3. The third-order valence-corrected chi connectivity index (χ3v) is 23.1. The lowest BCUT2D eigenvalue weighted by Crippen LogP contribution is -2.44. The Morgan fingerprint density at radius 1 is 0.393 bits per heavy atom. The number of benzene rings is 8. The number of aryl methyl sites for hydroxylation is 1. The molecule has 7 unspecified atom stereocenters. The zero-order valence-corrected chi connectivity index (χ0v) is 71.8. The van der Waals surface area contributed by atoms with Crippen LogP contribution in [0.5, 0.6) is 11.5 Å². The van der Waals surface area contributed by atoms with Gasteiger partial charge < -0.3 is 91.1 Å². The Morgan fingerprint density at radius 2 is 0.697 bits per heavy atom. The molecule has 8 aromatic carbocycles. The summed E-state index contributed by atoms with van der Waals surface area (Å²) >= 11 is 5.74. The Balaban J connectivity index is 0.000000162. The van der Waals surface area contributed by atoms with Gasteiger partial charge in [0.05, 0.1) is 96.0 Å². The van der Waals surface area contributed by atoms with Crippen molar-refractivity contribution in [3.63, 3.8) is 0 Å². The van der Waals surface area contributed by atoms with Gasteiger partial charge in [0.15, 0.2) is 5.78 Å². The summed E-state index contributed by atoms with van der Waals surface area (Å²) in [5.74, 6) is 22.3. The molecule has 43 heteroatoms. The highest BCUT2D eigenvalue weighted by Gasteiger charge is 2.20. The number of fused-ring (bicyclic) bond motifs is 7. The predicted molar refractivity (Wildman–Crippen MR) is 490 cm³/mol. The van der Waals surface area contributed by atoms with Crippen molar-refractivity contribution in [3.05, 3.63) is 185 Å². The molecule has 8 heterocycles. The van der Waals surface area contributed by atoms with Crippen molar-refractivity contribution in [2.75, 3.05) is 51.3 Å². The largest absolute Gasteiger partial charge is 0.494 e. The highest BCUT2D eigenvalue weighted by atomic mass is 35.5. The van der Waals surface area contributed by atoms with E-state index in [0.717, 1.165) is 85.6 Å². The standard InChI is InChI=1S/C15H12N2O3S.C13H18N4O2S.2C12H16N2O3S.C9H8N2O4S.C9H10N2O2S.C8H7ClN2O2S.CH4/c1-21(19,20)15-16-12-8-7-11(9-13(12)17-15)14(18)10-5-3-2-4-6-10;1-16-5-7-17(8-6-16)10-3-4-11-12(9-10)15-13(14-11)20(2,18)19;2*1-3-4-7-17-9-5-6-10-11(8-9)14-12(13-10)18(2,15)16;1-16(14,15)9-10-6-3-2-5(8(12)13)4-7(6)11-9;1-6-3-4-7-8(5-6)11-9(10-7)14(2,12)13;1-14(12,13)8-10-6-3-2-5(9)4-7(6)11-8;/h2-9H,1H2,(H,16,17)(H,19,20);3-4,9H,2,5-8H2,1H3,(H,14,15)(H,18,19);2*5-6,8H,2-4,7H2,1H3,(H,13,14)(H,15,16);2-4H,1H2,(H,10,11)(H,12,13)(H,14,15);3-5H,2H2,1H3,(H,10,11)(H,12,13);2-4H,1H2,(H,10,11)(H,12,13);1H4. The van der Waals surface area contributed by atoms with Crippen molar-refractivity contribution < 1.29 is 85.5 Å². The van der Waals surface area contributed by atoms with Crippen molar-refractivity contribution in [1.29, 1.82) is 0 Å². The quantitative estimate of drug-likeness (QED) is 0.0203. The fraction of sp³-hybridized carbons (Fsp3) is 0.190. The fourth-order valence-electron chi connectivity index (χ4n) is 11.1. The van der Waals surface area contributed by atoms with Crippen LogP contribution in [0.15, 0.2) is 194 Å². The topological polar surface area (TPSA) is 541 Å². The van der Waals surface area contributed by atoms with Crippen LogP contribution in [0.1, 0.15) is 78.8 Å². The van der Waals surface area contributed by atoms with Crippen LogP contribution in [0.2, 0.25) is 5.02 Å². The van der Waals surface area contributed by atoms with Gasteiger partial charge in [0, 0.05) is 60.1 Å². The van der Waals surface area contributed by atoms with E-state index in [1.165, 1.54) is 18.2 Å². The molecule has 1 aliphatic heterocycles. The second kappa shape index (κ2) is 39.3. The lowest BCUT2D eigenvalue weighted by atomic mass is 10.0. The number of aromatic nitrogens is 14. The maximum Gasteiger partial charge on any atom is 0.335 e. The van der Waals surface area contributed by atoms with Crippen LogP contribution in [0.3, 0.4) is 0 Å². The van der Waals surface area contributed by atoms with E-state index in [1.807, 2.05) is 43.3 Å². The Bertz CT molecular complexity index is 6960. The predicted octanol–water partition coefficient (Wildman–Crippen LogP) is 12.4. The van der Waals surface area contributed by atoms with Crippen molar-refractivity contribution in [3.8, 4) is 11.5 Å². The number of likely N-dealkylation sites (N-methyl/N-ethyl adjacent to an activating group) is 1. The van der Waals surface area contributed by atoms with E-state index in [4.69, 9.17) is 30.7 Å². The molecule has 1 aliphatic rings. The molecule has 0 spiro atoms. The van der Waals surface area contributed by atoms with Crippen molar-refractivity contribution in [2.45, 2.75) is 90.0 Å². The number of carboxylic acid groups (broad SMARTS) is 1. The number of aromatic amines is 7. The number of nitrogens with zero attached hydrogens (tertiary/aromatic N) is 9. The highest BCUT2D eigenvalue weighted by Crippen LogP contribution is 2.28.